The highest BCUT2D eigenvalue weighted by Crippen LogP contribution is 2.32. The lowest BCUT2D eigenvalue weighted by atomic mass is 9.97. The van der Waals surface area contributed by atoms with Crippen LogP contribution >= 0.6 is 0 Å². The number of anilines is 1. The molecule has 7 nitrogen and oxygen atoms in total. The maximum absolute atomic E-state index is 15.4. The first-order valence-corrected chi connectivity index (χ1v) is 11.5. The number of hydrogen-bond donors (Lipinski definition) is 1. The van der Waals surface area contributed by atoms with E-state index in [1.165, 1.54) is 38.4 Å². The highest BCUT2D eigenvalue weighted by Gasteiger charge is 2.30. The van der Waals surface area contributed by atoms with Gasteiger partial charge in [0.15, 0.2) is 5.82 Å². The second-order valence-electron chi connectivity index (χ2n) is 8.97. The second kappa shape index (κ2) is 8.57. The Bertz CT molecular complexity index is 977. The van der Waals surface area contributed by atoms with Crippen LogP contribution in [0.1, 0.15) is 63.8 Å². The van der Waals surface area contributed by atoms with Gasteiger partial charge in [0.1, 0.15) is 11.6 Å². The quantitative estimate of drug-likeness (QED) is 0.755. The molecule has 2 aromatic rings. The molecule has 0 radical (unpaired) electrons. The normalized spacial score (nSPS) is 24.0. The van der Waals surface area contributed by atoms with Crippen molar-refractivity contribution in [2.75, 3.05) is 18.0 Å². The molecule has 0 bridgehead atoms. The molecule has 1 unspecified atom stereocenters. The summed E-state index contributed by atoms with van der Waals surface area (Å²) in [5, 5.41) is 2.35. The van der Waals surface area contributed by atoms with Gasteiger partial charge in [-0.15, -0.1) is 0 Å². The van der Waals surface area contributed by atoms with Crippen LogP contribution in [0.2, 0.25) is 0 Å². The summed E-state index contributed by atoms with van der Waals surface area (Å²) in [7, 11) is 0. The van der Waals surface area contributed by atoms with Gasteiger partial charge in [-0.1, -0.05) is 19.3 Å². The van der Waals surface area contributed by atoms with Gasteiger partial charge >= 0.3 is 0 Å². The Hall–Kier alpha value is -2.48. The molecule has 2 aliphatic heterocycles. The number of nitrogens with one attached hydrogen (secondary N) is 1. The predicted octanol–water partition coefficient (Wildman–Crippen LogP) is 3.47. The minimum Gasteiger partial charge on any atom is -0.375 e. The number of imidazole rings is 1. The fraction of sp³-hybridized carbons (Fsp3) is 0.609. The lowest BCUT2D eigenvalue weighted by molar-refractivity contribution is -0.135. The molecule has 3 heterocycles. The molecular formula is C23H29FN4O3. The van der Waals surface area contributed by atoms with E-state index in [1.54, 1.807) is 10.6 Å². The zero-order chi connectivity index (χ0) is 21.4. The molecule has 5 rings (SSSR count). The smallest absolute Gasteiger partial charge is 0.249 e. The number of benzene rings is 1. The number of imide groups is 1. The van der Waals surface area contributed by atoms with Crippen LogP contribution in [0.5, 0.6) is 0 Å². The molecule has 1 aliphatic carbocycles. The number of hydrogen-bond acceptors (Lipinski definition) is 5. The van der Waals surface area contributed by atoms with E-state index in [2.05, 4.69) is 15.2 Å². The van der Waals surface area contributed by atoms with Gasteiger partial charge in [-0.3, -0.25) is 14.9 Å². The molecular weight excluding hydrogens is 399 g/mol. The number of rotatable bonds is 4. The molecule has 1 aromatic heterocycles. The summed E-state index contributed by atoms with van der Waals surface area (Å²) in [6.07, 6.45) is 10.8. The van der Waals surface area contributed by atoms with E-state index in [-0.39, 0.29) is 35.7 Å². The first-order chi connectivity index (χ1) is 15.1. The number of ether oxygens (including phenoxy) is 1. The number of carbonyl (C=O) groups is 2. The standard InChI is InChI=1S/C23H29FN4O3/c24-21-17(27-12-10-16(11-13-27)31-15-4-2-1-3-5-15)6-7-18-22(21)25-14-28(18)19-8-9-20(29)26-23(19)30/h6-7,14-16,19H,1-5,8-13H2,(H,26,29,30). The summed E-state index contributed by atoms with van der Waals surface area (Å²) < 4.78 is 23.3. The van der Waals surface area contributed by atoms with E-state index in [4.69, 9.17) is 4.74 Å². The summed E-state index contributed by atoms with van der Waals surface area (Å²) >= 11 is 0. The van der Waals surface area contributed by atoms with E-state index in [0.29, 0.717) is 23.7 Å². The molecule has 2 saturated heterocycles. The van der Waals surface area contributed by atoms with E-state index in [1.807, 2.05) is 6.07 Å². The van der Waals surface area contributed by atoms with E-state index < -0.39 is 6.04 Å². The first kappa shape index (κ1) is 20.4. The lowest BCUT2D eigenvalue weighted by Crippen LogP contribution is -2.41. The Morgan fingerprint density at radius 3 is 2.48 bits per heavy atom. The van der Waals surface area contributed by atoms with E-state index in [9.17, 15) is 9.59 Å². The van der Waals surface area contributed by atoms with Gasteiger partial charge < -0.3 is 14.2 Å². The van der Waals surface area contributed by atoms with Crippen molar-refractivity contribution in [1.82, 2.24) is 14.9 Å². The van der Waals surface area contributed by atoms with Gasteiger partial charge in [-0.2, -0.15) is 0 Å². The molecule has 31 heavy (non-hydrogen) atoms. The predicted molar refractivity (Wildman–Crippen MR) is 114 cm³/mol. The van der Waals surface area contributed by atoms with Crippen molar-refractivity contribution in [3.05, 3.63) is 24.3 Å². The third-order valence-corrected chi connectivity index (χ3v) is 6.93. The minimum absolute atomic E-state index is 0.262. The van der Waals surface area contributed by atoms with Crippen LogP contribution in [0.15, 0.2) is 18.5 Å². The van der Waals surface area contributed by atoms with Crippen LogP contribution in [0.25, 0.3) is 11.0 Å². The van der Waals surface area contributed by atoms with Gasteiger partial charge in [-0.25, -0.2) is 9.37 Å². The van der Waals surface area contributed by atoms with Gasteiger partial charge in [0.2, 0.25) is 11.8 Å². The van der Waals surface area contributed by atoms with E-state index in [0.717, 1.165) is 25.9 Å². The molecule has 8 heteroatoms. The number of carbonyl (C=O) groups excluding carboxylic acids is 2. The largest absolute Gasteiger partial charge is 0.375 e. The highest BCUT2D eigenvalue weighted by atomic mass is 19.1. The average molecular weight is 429 g/mol. The van der Waals surface area contributed by atoms with Gasteiger partial charge in [0.25, 0.3) is 0 Å². The number of amides is 2. The molecule has 1 saturated carbocycles. The van der Waals surface area contributed by atoms with Gasteiger partial charge in [0, 0.05) is 19.5 Å². The summed E-state index contributed by atoms with van der Waals surface area (Å²) in [6, 6.07) is 3.07. The van der Waals surface area contributed by atoms with Crippen molar-refractivity contribution in [1.29, 1.82) is 0 Å². The zero-order valence-corrected chi connectivity index (χ0v) is 17.7. The molecule has 1 atom stereocenters. The zero-order valence-electron chi connectivity index (χ0n) is 17.7. The van der Waals surface area contributed by atoms with Gasteiger partial charge in [-0.05, 0) is 44.2 Å². The number of nitrogens with zero attached hydrogens (tertiary/aromatic N) is 3. The number of piperidine rings is 2. The molecule has 166 valence electrons. The number of halogens is 1. The van der Waals surface area contributed by atoms with Crippen molar-refractivity contribution in [2.45, 2.75) is 76.0 Å². The molecule has 2 amide bonds. The topological polar surface area (TPSA) is 76.5 Å². The number of fused-ring (bicyclic) bond motifs is 1. The van der Waals surface area contributed by atoms with Crippen LogP contribution in [0.4, 0.5) is 10.1 Å². The number of aromatic nitrogens is 2. The first-order valence-electron chi connectivity index (χ1n) is 11.5. The Morgan fingerprint density at radius 1 is 1.00 bits per heavy atom. The van der Waals surface area contributed by atoms with Crippen molar-refractivity contribution in [3.63, 3.8) is 0 Å². The lowest BCUT2D eigenvalue weighted by Gasteiger charge is -2.36. The monoisotopic (exact) mass is 428 g/mol. The van der Waals surface area contributed by atoms with Crippen LogP contribution in [0.3, 0.4) is 0 Å². The highest BCUT2D eigenvalue weighted by molar-refractivity contribution is 6.00. The van der Waals surface area contributed by atoms with Crippen LogP contribution < -0.4 is 10.2 Å². The Labute approximate surface area is 180 Å². The third kappa shape index (κ3) is 4.05. The fourth-order valence-corrected chi connectivity index (χ4v) is 5.20. The van der Waals surface area contributed by atoms with Crippen LogP contribution in [0, 0.1) is 5.82 Å². The van der Waals surface area contributed by atoms with Crippen LogP contribution in [-0.2, 0) is 14.3 Å². The summed E-state index contributed by atoms with van der Waals surface area (Å²) in [5.41, 5.74) is 1.39. The Kier molecular flexibility index (Phi) is 5.65. The summed E-state index contributed by atoms with van der Waals surface area (Å²) in [6.45, 7) is 1.52. The van der Waals surface area contributed by atoms with Crippen molar-refractivity contribution in [2.24, 2.45) is 0 Å². The van der Waals surface area contributed by atoms with Crippen molar-refractivity contribution < 1.29 is 18.7 Å². The van der Waals surface area contributed by atoms with Crippen molar-refractivity contribution in [3.8, 4) is 0 Å². The SMILES string of the molecule is O=C1CCC(n2cnc3c(F)c(N4CCC(OC5CCCCC5)CC4)ccc32)C(=O)N1. The second-order valence-corrected chi connectivity index (χ2v) is 8.97. The Balaban J connectivity index is 1.29. The molecule has 3 aliphatic rings. The third-order valence-electron chi connectivity index (χ3n) is 6.93. The van der Waals surface area contributed by atoms with Crippen LogP contribution in [-0.4, -0.2) is 46.7 Å². The molecule has 1 N–H and O–H groups in total. The average Bonchev–Trinajstić information content (AvgIpc) is 3.20. The minimum atomic E-state index is -0.541. The maximum Gasteiger partial charge on any atom is 0.249 e. The van der Waals surface area contributed by atoms with Crippen molar-refractivity contribution >= 4 is 28.5 Å². The molecule has 1 aromatic carbocycles. The Morgan fingerprint density at radius 2 is 1.74 bits per heavy atom. The fourth-order valence-electron chi connectivity index (χ4n) is 5.20. The van der Waals surface area contributed by atoms with Gasteiger partial charge in [0.05, 0.1) is 29.7 Å². The molecule has 0 spiro atoms. The maximum atomic E-state index is 15.4. The summed E-state index contributed by atoms with van der Waals surface area (Å²) in [5.74, 6) is -0.981. The van der Waals surface area contributed by atoms with E-state index >= 15 is 4.39 Å². The molecule has 3 fully saturated rings. The summed E-state index contributed by atoms with van der Waals surface area (Å²) in [4.78, 5) is 30.0.